The first-order valence-corrected chi connectivity index (χ1v) is 5.43. The Labute approximate surface area is 93.5 Å². The van der Waals surface area contributed by atoms with E-state index in [1.807, 2.05) is 0 Å². The predicted molar refractivity (Wildman–Crippen MR) is 57.6 cm³/mol. The van der Waals surface area contributed by atoms with Gasteiger partial charge < -0.3 is 0 Å². The van der Waals surface area contributed by atoms with Crippen LogP contribution in [0.1, 0.15) is 30.1 Å². The van der Waals surface area contributed by atoms with Crippen molar-refractivity contribution in [2.75, 3.05) is 0 Å². The van der Waals surface area contributed by atoms with Gasteiger partial charge in [0.05, 0.1) is 11.5 Å². The third kappa shape index (κ3) is 2.03. The van der Waals surface area contributed by atoms with E-state index in [-0.39, 0.29) is 17.3 Å². The van der Waals surface area contributed by atoms with Crippen LogP contribution in [0.15, 0.2) is 24.3 Å². The van der Waals surface area contributed by atoms with Crippen molar-refractivity contribution in [2.24, 2.45) is 11.8 Å². The maximum Gasteiger partial charge on any atom is 0.175 e. The van der Waals surface area contributed by atoms with Crippen LogP contribution in [-0.2, 0) is 4.79 Å². The minimum Gasteiger partial charge on any atom is -0.299 e. The maximum absolute atomic E-state index is 13.3. The summed E-state index contributed by atoms with van der Waals surface area (Å²) in [5.41, 5.74) is 0.0176. The van der Waals surface area contributed by atoms with Crippen molar-refractivity contribution < 1.29 is 14.0 Å². The lowest BCUT2D eigenvalue weighted by molar-refractivity contribution is -0.122. The fraction of sp³-hybridized carbons (Fsp3) is 0.385. The number of Topliss-reactive ketones (excluding diaryl/α,β-unsaturated/α-hetero) is 2. The summed E-state index contributed by atoms with van der Waals surface area (Å²) in [5, 5.41) is 0. The molecule has 0 aliphatic heterocycles. The minimum absolute atomic E-state index is 0.0176. The van der Waals surface area contributed by atoms with E-state index in [4.69, 9.17) is 0 Å². The zero-order chi connectivity index (χ0) is 11.7. The van der Waals surface area contributed by atoms with Gasteiger partial charge in [0, 0.05) is 5.92 Å². The Morgan fingerprint density at radius 3 is 2.50 bits per heavy atom. The largest absolute Gasteiger partial charge is 0.299 e. The molecule has 16 heavy (non-hydrogen) atoms. The normalized spacial score (nSPS) is 16.9. The highest BCUT2D eigenvalue weighted by Crippen LogP contribution is 2.33. The van der Waals surface area contributed by atoms with E-state index < -0.39 is 17.5 Å². The quantitative estimate of drug-likeness (QED) is 0.577. The third-order valence-electron chi connectivity index (χ3n) is 2.94. The number of hydrogen-bond donors (Lipinski definition) is 0. The first-order valence-electron chi connectivity index (χ1n) is 5.43. The number of ketones is 2. The molecule has 1 saturated carbocycles. The molecular weight excluding hydrogens is 207 g/mol. The molecule has 0 bridgehead atoms. The highest BCUT2D eigenvalue weighted by molar-refractivity contribution is 6.11. The highest BCUT2D eigenvalue weighted by atomic mass is 19.1. The molecule has 0 amide bonds. The molecule has 0 N–H and O–H groups in total. The molecule has 3 heteroatoms. The molecule has 1 aliphatic carbocycles. The average molecular weight is 220 g/mol. The van der Waals surface area contributed by atoms with Gasteiger partial charge in [-0.25, -0.2) is 4.39 Å². The fourth-order valence-electron chi connectivity index (χ4n) is 1.74. The molecule has 1 unspecified atom stereocenters. The van der Waals surface area contributed by atoms with E-state index in [0.717, 1.165) is 12.8 Å². The van der Waals surface area contributed by atoms with Crippen LogP contribution in [-0.4, -0.2) is 11.6 Å². The summed E-state index contributed by atoms with van der Waals surface area (Å²) in [6, 6.07) is 5.79. The summed E-state index contributed by atoms with van der Waals surface area (Å²) >= 11 is 0. The SMILES string of the molecule is CC(C(=O)c1ccccc1F)C(=O)C1CC1. The number of carbonyl (C=O) groups is 2. The molecule has 2 rings (SSSR count). The van der Waals surface area contributed by atoms with Gasteiger partial charge in [-0.2, -0.15) is 0 Å². The van der Waals surface area contributed by atoms with Gasteiger partial charge in [-0.15, -0.1) is 0 Å². The van der Waals surface area contributed by atoms with E-state index >= 15 is 0 Å². The molecule has 1 aromatic rings. The second-order valence-electron chi connectivity index (χ2n) is 4.24. The molecule has 0 heterocycles. The summed E-state index contributed by atoms with van der Waals surface area (Å²) in [6.07, 6.45) is 1.74. The molecule has 0 aromatic heterocycles. The predicted octanol–water partition coefficient (Wildman–Crippen LogP) is 2.62. The van der Waals surface area contributed by atoms with Crippen LogP contribution in [0.3, 0.4) is 0 Å². The number of carbonyl (C=O) groups excluding carboxylic acids is 2. The van der Waals surface area contributed by atoms with Crippen molar-refractivity contribution >= 4 is 11.6 Å². The Balaban J connectivity index is 2.18. The van der Waals surface area contributed by atoms with Crippen LogP contribution in [0.4, 0.5) is 4.39 Å². The Morgan fingerprint density at radius 2 is 1.94 bits per heavy atom. The first-order chi connectivity index (χ1) is 7.61. The van der Waals surface area contributed by atoms with Gasteiger partial charge in [-0.3, -0.25) is 9.59 Å². The van der Waals surface area contributed by atoms with E-state index in [1.54, 1.807) is 13.0 Å². The molecule has 1 fully saturated rings. The Bertz CT molecular complexity index is 435. The van der Waals surface area contributed by atoms with Crippen molar-refractivity contribution in [1.29, 1.82) is 0 Å². The van der Waals surface area contributed by atoms with Crippen LogP contribution in [0.2, 0.25) is 0 Å². The Hall–Kier alpha value is -1.51. The van der Waals surface area contributed by atoms with Gasteiger partial charge >= 0.3 is 0 Å². The lowest BCUT2D eigenvalue weighted by Crippen LogP contribution is -2.23. The van der Waals surface area contributed by atoms with Crippen LogP contribution >= 0.6 is 0 Å². The summed E-state index contributed by atoms with van der Waals surface area (Å²) < 4.78 is 13.3. The molecule has 0 radical (unpaired) electrons. The summed E-state index contributed by atoms with van der Waals surface area (Å²) in [5.74, 6) is -1.69. The summed E-state index contributed by atoms with van der Waals surface area (Å²) in [4.78, 5) is 23.6. The van der Waals surface area contributed by atoms with E-state index in [9.17, 15) is 14.0 Å². The lowest BCUT2D eigenvalue weighted by Gasteiger charge is -2.09. The average Bonchev–Trinajstić information content (AvgIpc) is 3.11. The molecule has 84 valence electrons. The molecule has 0 saturated heterocycles. The van der Waals surface area contributed by atoms with Gasteiger partial charge in [0.15, 0.2) is 5.78 Å². The Kier molecular flexibility index (Phi) is 2.86. The Morgan fingerprint density at radius 1 is 1.31 bits per heavy atom. The molecule has 0 spiro atoms. The summed E-state index contributed by atoms with van der Waals surface area (Å²) in [6.45, 7) is 1.56. The monoisotopic (exact) mass is 220 g/mol. The number of benzene rings is 1. The first kappa shape index (κ1) is 11.0. The van der Waals surface area contributed by atoms with Gasteiger partial charge in [0.25, 0.3) is 0 Å². The zero-order valence-electron chi connectivity index (χ0n) is 9.07. The van der Waals surface area contributed by atoms with Gasteiger partial charge in [-0.05, 0) is 31.9 Å². The molecular formula is C13H13FO2. The van der Waals surface area contributed by atoms with Gasteiger partial charge in [-0.1, -0.05) is 12.1 Å². The second-order valence-corrected chi connectivity index (χ2v) is 4.24. The van der Waals surface area contributed by atoms with Gasteiger partial charge in [0.2, 0.25) is 0 Å². The van der Waals surface area contributed by atoms with E-state index in [0.29, 0.717) is 0 Å². The number of hydrogen-bond acceptors (Lipinski definition) is 2. The standard InChI is InChI=1S/C13H13FO2/c1-8(12(15)9-6-7-9)13(16)10-4-2-3-5-11(10)14/h2-5,8-9H,6-7H2,1H3. The third-order valence-corrected chi connectivity index (χ3v) is 2.94. The van der Waals surface area contributed by atoms with Crippen molar-refractivity contribution in [3.8, 4) is 0 Å². The highest BCUT2D eigenvalue weighted by Gasteiger charge is 2.36. The van der Waals surface area contributed by atoms with Crippen molar-refractivity contribution in [1.82, 2.24) is 0 Å². The minimum atomic E-state index is -0.718. The topological polar surface area (TPSA) is 34.1 Å². The van der Waals surface area contributed by atoms with Crippen LogP contribution < -0.4 is 0 Å². The van der Waals surface area contributed by atoms with Crippen molar-refractivity contribution in [3.05, 3.63) is 35.6 Å². The number of rotatable bonds is 4. The second kappa shape index (κ2) is 4.16. The zero-order valence-corrected chi connectivity index (χ0v) is 9.07. The smallest absolute Gasteiger partial charge is 0.175 e. The van der Waals surface area contributed by atoms with E-state index in [2.05, 4.69) is 0 Å². The van der Waals surface area contributed by atoms with E-state index in [1.165, 1.54) is 18.2 Å². The maximum atomic E-state index is 13.3. The van der Waals surface area contributed by atoms with Crippen molar-refractivity contribution in [3.63, 3.8) is 0 Å². The summed E-state index contributed by atoms with van der Waals surface area (Å²) in [7, 11) is 0. The van der Waals surface area contributed by atoms with Crippen LogP contribution in [0.25, 0.3) is 0 Å². The van der Waals surface area contributed by atoms with Crippen molar-refractivity contribution in [2.45, 2.75) is 19.8 Å². The molecule has 2 nitrogen and oxygen atoms in total. The molecule has 1 atom stereocenters. The van der Waals surface area contributed by atoms with Crippen LogP contribution in [0, 0.1) is 17.7 Å². The number of halogens is 1. The lowest BCUT2D eigenvalue weighted by atomic mass is 9.93. The fourth-order valence-corrected chi connectivity index (χ4v) is 1.74. The molecule has 1 aliphatic rings. The van der Waals surface area contributed by atoms with Crippen LogP contribution in [0.5, 0.6) is 0 Å². The molecule has 1 aromatic carbocycles. The van der Waals surface area contributed by atoms with Gasteiger partial charge in [0.1, 0.15) is 11.6 Å².